The van der Waals surface area contributed by atoms with Gasteiger partial charge in [-0.05, 0) is 31.0 Å². The fraction of sp³-hybridized carbons (Fsp3) is 0.357. The van der Waals surface area contributed by atoms with E-state index in [0.29, 0.717) is 24.4 Å². The number of hydrogen-bond acceptors (Lipinski definition) is 4. The molecule has 0 fully saturated rings. The Labute approximate surface area is 117 Å². The number of methoxy groups -OCH3 is 1. The van der Waals surface area contributed by atoms with Crippen molar-refractivity contribution in [2.24, 2.45) is 0 Å². The summed E-state index contributed by atoms with van der Waals surface area (Å²) in [4.78, 5) is 10.7. The molecule has 6 heteroatoms. The first kappa shape index (κ1) is 14.0. The van der Waals surface area contributed by atoms with Crippen LogP contribution in [-0.4, -0.2) is 21.8 Å². The molecule has 0 radical (unpaired) electrons. The van der Waals surface area contributed by atoms with Gasteiger partial charge in [-0.2, -0.15) is 5.10 Å². The molecule has 0 atom stereocenters. The lowest BCUT2D eigenvalue weighted by Crippen LogP contribution is -2.06. The van der Waals surface area contributed by atoms with Gasteiger partial charge >= 0.3 is 5.69 Å². The van der Waals surface area contributed by atoms with E-state index in [0.717, 1.165) is 11.3 Å². The maximum absolute atomic E-state index is 11.1. The molecule has 0 aliphatic rings. The van der Waals surface area contributed by atoms with Gasteiger partial charge in [-0.15, -0.1) is 0 Å². The molecular formula is C14H17N3O3. The van der Waals surface area contributed by atoms with Gasteiger partial charge in [-0.25, -0.2) is 0 Å². The fourth-order valence-corrected chi connectivity index (χ4v) is 2.24. The van der Waals surface area contributed by atoms with Crippen LogP contribution in [0.1, 0.15) is 23.9 Å². The summed E-state index contributed by atoms with van der Waals surface area (Å²) in [6, 6.07) is 7.60. The van der Waals surface area contributed by atoms with E-state index in [1.54, 1.807) is 18.7 Å². The van der Waals surface area contributed by atoms with Crippen molar-refractivity contribution in [3.8, 4) is 5.75 Å². The molecule has 0 bridgehead atoms. The van der Waals surface area contributed by atoms with Crippen molar-refractivity contribution >= 4 is 5.69 Å². The lowest BCUT2D eigenvalue weighted by Gasteiger charge is -2.06. The first-order chi connectivity index (χ1) is 9.56. The van der Waals surface area contributed by atoms with Gasteiger partial charge in [0.15, 0.2) is 0 Å². The zero-order valence-electron chi connectivity index (χ0n) is 11.8. The SMILES string of the molecule is CCc1c([N+](=O)[O-])c(C)nn1Cc1ccc(OC)cc1. The Kier molecular flexibility index (Phi) is 4.02. The predicted molar refractivity (Wildman–Crippen MR) is 75.1 cm³/mol. The summed E-state index contributed by atoms with van der Waals surface area (Å²) >= 11 is 0. The molecule has 6 nitrogen and oxygen atoms in total. The second kappa shape index (κ2) is 5.73. The Morgan fingerprint density at radius 1 is 1.35 bits per heavy atom. The molecule has 0 aliphatic carbocycles. The van der Waals surface area contributed by atoms with Crippen LogP contribution in [0, 0.1) is 17.0 Å². The van der Waals surface area contributed by atoms with Crippen LogP contribution in [0.4, 0.5) is 5.69 Å². The molecule has 0 saturated heterocycles. The van der Waals surface area contributed by atoms with Crippen LogP contribution in [-0.2, 0) is 13.0 Å². The number of ether oxygens (including phenoxy) is 1. The molecule has 1 heterocycles. The zero-order valence-corrected chi connectivity index (χ0v) is 11.8. The molecule has 0 N–H and O–H groups in total. The largest absolute Gasteiger partial charge is 0.497 e. The smallest absolute Gasteiger partial charge is 0.313 e. The summed E-state index contributed by atoms with van der Waals surface area (Å²) in [6.07, 6.45) is 0.577. The van der Waals surface area contributed by atoms with E-state index < -0.39 is 0 Å². The molecule has 1 aromatic carbocycles. The highest BCUT2D eigenvalue weighted by Gasteiger charge is 2.23. The summed E-state index contributed by atoms with van der Waals surface area (Å²) in [5.74, 6) is 0.784. The summed E-state index contributed by atoms with van der Waals surface area (Å²) in [5.41, 5.74) is 2.27. The molecule has 0 amide bonds. The van der Waals surface area contributed by atoms with Crippen molar-refractivity contribution in [1.82, 2.24) is 9.78 Å². The molecule has 20 heavy (non-hydrogen) atoms. The predicted octanol–water partition coefficient (Wildman–Crippen LogP) is 2.72. The van der Waals surface area contributed by atoms with E-state index in [1.807, 2.05) is 31.2 Å². The van der Waals surface area contributed by atoms with Gasteiger partial charge in [0.2, 0.25) is 0 Å². The van der Waals surface area contributed by atoms with Gasteiger partial charge in [0.05, 0.1) is 18.6 Å². The Balaban J connectivity index is 2.33. The zero-order chi connectivity index (χ0) is 14.7. The van der Waals surface area contributed by atoms with Crippen molar-refractivity contribution in [2.75, 3.05) is 7.11 Å². The molecule has 2 rings (SSSR count). The molecule has 0 spiro atoms. The number of aryl methyl sites for hydroxylation is 1. The highest BCUT2D eigenvalue weighted by Crippen LogP contribution is 2.24. The molecule has 1 aromatic heterocycles. The van der Waals surface area contributed by atoms with Gasteiger partial charge in [0.1, 0.15) is 17.1 Å². The third-order valence-corrected chi connectivity index (χ3v) is 3.21. The maximum atomic E-state index is 11.1. The van der Waals surface area contributed by atoms with Crippen molar-refractivity contribution < 1.29 is 9.66 Å². The number of nitro groups is 1. The minimum Gasteiger partial charge on any atom is -0.497 e. The third-order valence-electron chi connectivity index (χ3n) is 3.21. The number of hydrogen-bond donors (Lipinski definition) is 0. The molecule has 2 aromatic rings. The summed E-state index contributed by atoms with van der Waals surface area (Å²) in [5, 5.41) is 15.4. The lowest BCUT2D eigenvalue weighted by molar-refractivity contribution is -0.386. The van der Waals surface area contributed by atoms with Crippen LogP contribution in [0.15, 0.2) is 24.3 Å². The standard InChI is InChI=1S/C14H17N3O3/c1-4-13-14(17(18)19)10(2)15-16(13)9-11-5-7-12(20-3)8-6-11/h5-8H,4,9H2,1-3H3. The average Bonchev–Trinajstić information content (AvgIpc) is 2.75. The van der Waals surface area contributed by atoms with Gasteiger partial charge in [-0.3, -0.25) is 14.8 Å². The van der Waals surface area contributed by atoms with Gasteiger partial charge < -0.3 is 4.74 Å². The number of benzene rings is 1. The quantitative estimate of drug-likeness (QED) is 0.621. The topological polar surface area (TPSA) is 70.2 Å². The molecule has 0 saturated carbocycles. The average molecular weight is 275 g/mol. The van der Waals surface area contributed by atoms with E-state index in [9.17, 15) is 10.1 Å². The second-order valence-corrected chi connectivity index (χ2v) is 4.50. The third kappa shape index (κ3) is 2.64. The normalized spacial score (nSPS) is 10.6. The van der Waals surface area contributed by atoms with Crippen LogP contribution in [0.25, 0.3) is 0 Å². The van der Waals surface area contributed by atoms with Crippen molar-refractivity contribution in [3.63, 3.8) is 0 Å². The summed E-state index contributed by atoms with van der Waals surface area (Å²) in [7, 11) is 1.62. The van der Waals surface area contributed by atoms with E-state index in [2.05, 4.69) is 5.10 Å². The number of aromatic nitrogens is 2. The summed E-state index contributed by atoms with van der Waals surface area (Å²) < 4.78 is 6.81. The maximum Gasteiger partial charge on any atom is 0.313 e. The van der Waals surface area contributed by atoms with Gasteiger partial charge in [0.25, 0.3) is 0 Å². The first-order valence-corrected chi connectivity index (χ1v) is 6.40. The molecular weight excluding hydrogens is 258 g/mol. The van der Waals surface area contributed by atoms with E-state index in [-0.39, 0.29) is 10.6 Å². The molecule has 0 aliphatic heterocycles. The van der Waals surface area contributed by atoms with Crippen molar-refractivity contribution in [2.45, 2.75) is 26.8 Å². The second-order valence-electron chi connectivity index (χ2n) is 4.50. The molecule has 106 valence electrons. The highest BCUT2D eigenvalue weighted by atomic mass is 16.6. The van der Waals surface area contributed by atoms with E-state index in [1.165, 1.54) is 0 Å². The first-order valence-electron chi connectivity index (χ1n) is 6.40. The van der Waals surface area contributed by atoms with Gasteiger partial charge in [0, 0.05) is 0 Å². The monoisotopic (exact) mass is 275 g/mol. The van der Waals surface area contributed by atoms with Crippen molar-refractivity contribution in [3.05, 3.63) is 51.3 Å². The molecule has 0 unspecified atom stereocenters. The van der Waals surface area contributed by atoms with Crippen LogP contribution < -0.4 is 4.74 Å². The minimum absolute atomic E-state index is 0.126. The number of nitrogens with zero attached hydrogens (tertiary/aromatic N) is 3. The fourth-order valence-electron chi connectivity index (χ4n) is 2.24. The van der Waals surface area contributed by atoms with Crippen LogP contribution >= 0.6 is 0 Å². The number of rotatable bonds is 5. The highest BCUT2D eigenvalue weighted by molar-refractivity contribution is 5.41. The van der Waals surface area contributed by atoms with Crippen molar-refractivity contribution in [1.29, 1.82) is 0 Å². The van der Waals surface area contributed by atoms with Crippen LogP contribution in [0.2, 0.25) is 0 Å². The Morgan fingerprint density at radius 2 is 2.00 bits per heavy atom. The van der Waals surface area contributed by atoms with Gasteiger partial charge in [-0.1, -0.05) is 19.1 Å². The van der Waals surface area contributed by atoms with Crippen LogP contribution in [0.5, 0.6) is 5.75 Å². The Bertz CT molecular complexity index is 617. The minimum atomic E-state index is -0.355. The Hall–Kier alpha value is -2.37. The van der Waals surface area contributed by atoms with E-state index in [4.69, 9.17) is 4.74 Å². The Morgan fingerprint density at radius 3 is 2.50 bits per heavy atom. The lowest BCUT2D eigenvalue weighted by atomic mass is 10.2. The summed E-state index contributed by atoms with van der Waals surface area (Å²) in [6.45, 7) is 4.08. The van der Waals surface area contributed by atoms with E-state index >= 15 is 0 Å². The van der Waals surface area contributed by atoms with Crippen LogP contribution in [0.3, 0.4) is 0 Å².